The van der Waals surface area contributed by atoms with Crippen molar-refractivity contribution in [2.45, 2.75) is 11.7 Å². The van der Waals surface area contributed by atoms with Crippen molar-refractivity contribution >= 4 is 40.8 Å². The minimum Gasteiger partial charge on any atom is -0.419 e. The first kappa shape index (κ1) is 22.8. The highest BCUT2D eigenvalue weighted by molar-refractivity contribution is 7.19. The number of esters is 1. The number of aliphatic imine (C=N–C) groups is 1. The van der Waals surface area contributed by atoms with Gasteiger partial charge in [-0.15, -0.1) is 11.3 Å². The number of para-hydroxylation sites is 1. The highest BCUT2D eigenvalue weighted by Gasteiger charge is 2.52. The first-order valence-electron chi connectivity index (χ1n) is 9.42. The van der Waals surface area contributed by atoms with E-state index in [4.69, 9.17) is 17.3 Å². The Bertz CT molecular complexity index is 1290. The van der Waals surface area contributed by atoms with Crippen molar-refractivity contribution < 1.29 is 27.5 Å². The summed E-state index contributed by atoms with van der Waals surface area (Å²) in [6.45, 7) is 0. The molecular weight excluding hydrogens is 479 g/mol. The third kappa shape index (κ3) is 3.96. The number of hydrogen-bond acceptors (Lipinski definition) is 6. The molecule has 0 saturated heterocycles. The van der Waals surface area contributed by atoms with Crippen LogP contribution in [0, 0.1) is 0 Å². The molecule has 0 radical (unpaired) electrons. The molecule has 2 N–H and O–H groups in total. The van der Waals surface area contributed by atoms with Crippen LogP contribution in [0.25, 0.3) is 10.4 Å². The highest BCUT2D eigenvalue weighted by atomic mass is 35.5. The summed E-state index contributed by atoms with van der Waals surface area (Å²) in [5.74, 6) is -3.62. The summed E-state index contributed by atoms with van der Waals surface area (Å²) >= 11 is 7.37. The topological polar surface area (TPSA) is 85.0 Å². The van der Waals surface area contributed by atoms with Crippen molar-refractivity contribution in [2.24, 2.45) is 10.7 Å². The molecule has 0 fully saturated rings. The maximum atomic E-state index is 13.5. The van der Waals surface area contributed by atoms with Crippen molar-refractivity contribution in [3.8, 4) is 16.2 Å². The van der Waals surface area contributed by atoms with E-state index in [1.807, 2.05) is 0 Å². The van der Waals surface area contributed by atoms with Crippen LogP contribution in [0.4, 0.5) is 13.2 Å². The third-order valence-electron chi connectivity index (χ3n) is 5.09. The number of nitrogens with zero attached hydrogens (tertiary/aromatic N) is 2. The lowest BCUT2D eigenvalue weighted by molar-refractivity contribution is -0.189. The first-order valence-corrected chi connectivity index (χ1v) is 10.6. The molecule has 170 valence electrons. The fourth-order valence-corrected chi connectivity index (χ4v) is 4.58. The number of nitrogens with two attached hydrogens (primary N) is 1. The van der Waals surface area contributed by atoms with E-state index in [1.165, 1.54) is 42.6 Å². The average Bonchev–Trinajstić information content (AvgIpc) is 3.31. The minimum atomic E-state index is -5.22. The lowest BCUT2D eigenvalue weighted by Crippen LogP contribution is -2.41. The van der Waals surface area contributed by atoms with Crippen LogP contribution in [-0.2, 0) is 15.1 Å². The normalized spacial score (nSPS) is 18.4. The van der Waals surface area contributed by atoms with Gasteiger partial charge in [0.15, 0.2) is 11.5 Å². The van der Waals surface area contributed by atoms with E-state index in [-0.39, 0.29) is 11.5 Å². The first-order chi connectivity index (χ1) is 15.5. The average molecular weight is 494 g/mol. The van der Waals surface area contributed by atoms with Crippen molar-refractivity contribution in [3.05, 3.63) is 76.1 Å². The second-order valence-electron chi connectivity index (χ2n) is 7.11. The van der Waals surface area contributed by atoms with Gasteiger partial charge in [0.2, 0.25) is 0 Å². The van der Waals surface area contributed by atoms with E-state index in [9.17, 15) is 22.8 Å². The van der Waals surface area contributed by atoms with Crippen LogP contribution in [-0.4, -0.2) is 36.0 Å². The molecule has 11 heteroatoms. The van der Waals surface area contributed by atoms with E-state index in [2.05, 4.69) is 9.73 Å². The number of amides is 1. The number of benzene rings is 2. The van der Waals surface area contributed by atoms with Gasteiger partial charge >= 0.3 is 12.1 Å². The van der Waals surface area contributed by atoms with Crippen LogP contribution in [0.5, 0.6) is 5.75 Å². The molecule has 1 amide bonds. The van der Waals surface area contributed by atoms with Crippen LogP contribution in [0.2, 0.25) is 4.34 Å². The lowest BCUT2D eigenvalue weighted by atomic mass is 9.81. The molecule has 1 aliphatic rings. The maximum Gasteiger partial charge on any atom is 0.491 e. The van der Waals surface area contributed by atoms with Crippen LogP contribution >= 0.6 is 22.9 Å². The summed E-state index contributed by atoms with van der Waals surface area (Å²) in [5, 5.41) is 0. The van der Waals surface area contributed by atoms with Gasteiger partial charge in [0.25, 0.3) is 5.91 Å². The Labute approximate surface area is 195 Å². The number of halogens is 4. The van der Waals surface area contributed by atoms with Crippen LogP contribution in [0.1, 0.15) is 11.1 Å². The number of carbonyl (C=O) groups is 2. The number of guanidine groups is 1. The second kappa shape index (κ2) is 8.20. The zero-order valence-corrected chi connectivity index (χ0v) is 18.5. The number of likely N-dealkylation sites (N-methyl/N-ethyl adjacent to an activating group) is 1. The Hall–Kier alpha value is -3.37. The molecular formula is C22H15ClF3N3O3S. The molecule has 1 aromatic heterocycles. The van der Waals surface area contributed by atoms with Gasteiger partial charge in [-0.2, -0.15) is 13.2 Å². The summed E-state index contributed by atoms with van der Waals surface area (Å²) < 4.78 is 43.9. The van der Waals surface area contributed by atoms with E-state index in [0.717, 1.165) is 9.78 Å². The number of carbonyl (C=O) groups excluding carboxylic acids is 2. The van der Waals surface area contributed by atoms with Crippen LogP contribution < -0.4 is 10.5 Å². The van der Waals surface area contributed by atoms with Gasteiger partial charge in [0.05, 0.1) is 4.34 Å². The summed E-state index contributed by atoms with van der Waals surface area (Å²) in [4.78, 5) is 31.3. The van der Waals surface area contributed by atoms with E-state index < -0.39 is 29.3 Å². The molecule has 0 spiro atoms. The number of alkyl halides is 3. The quantitative estimate of drug-likeness (QED) is 0.426. The lowest BCUT2D eigenvalue weighted by Gasteiger charge is -2.28. The summed E-state index contributed by atoms with van der Waals surface area (Å²) in [5.41, 5.74) is 5.07. The molecule has 6 nitrogen and oxygen atoms in total. The molecule has 2 aromatic carbocycles. The van der Waals surface area contributed by atoms with Crippen molar-refractivity contribution in [1.82, 2.24) is 4.90 Å². The Balaban J connectivity index is 1.93. The molecule has 0 bridgehead atoms. The monoisotopic (exact) mass is 493 g/mol. The molecule has 0 aliphatic carbocycles. The van der Waals surface area contributed by atoms with Gasteiger partial charge < -0.3 is 10.5 Å². The Morgan fingerprint density at radius 2 is 1.88 bits per heavy atom. The smallest absolute Gasteiger partial charge is 0.419 e. The fourth-order valence-electron chi connectivity index (χ4n) is 3.54. The third-order valence-corrected chi connectivity index (χ3v) is 6.37. The molecule has 4 rings (SSSR count). The van der Waals surface area contributed by atoms with Gasteiger partial charge in [0.1, 0.15) is 5.75 Å². The number of hydrogen-bond donors (Lipinski definition) is 1. The second-order valence-corrected chi connectivity index (χ2v) is 8.83. The van der Waals surface area contributed by atoms with Gasteiger partial charge in [-0.25, -0.2) is 9.79 Å². The summed E-state index contributed by atoms with van der Waals surface area (Å²) in [6, 6.07) is 15.7. The number of rotatable bonds is 4. The fraction of sp³-hybridized carbons (Fsp3) is 0.136. The molecule has 1 aliphatic heterocycles. The van der Waals surface area contributed by atoms with E-state index in [0.29, 0.717) is 15.5 Å². The Morgan fingerprint density at radius 3 is 2.48 bits per heavy atom. The molecule has 0 saturated carbocycles. The highest BCUT2D eigenvalue weighted by Crippen LogP contribution is 2.45. The van der Waals surface area contributed by atoms with Crippen molar-refractivity contribution in [3.63, 3.8) is 0 Å². The van der Waals surface area contributed by atoms with Gasteiger partial charge in [0, 0.05) is 17.5 Å². The van der Waals surface area contributed by atoms with E-state index >= 15 is 0 Å². The van der Waals surface area contributed by atoms with E-state index in [1.54, 1.807) is 36.4 Å². The summed E-state index contributed by atoms with van der Waals surface area (Å²) in [7, 11) is 1.40. The number of ether oxygens (including phenoxy) is 1. The largest absolute Gasteiger partial charge is 0.491 e. The molecule has 3 aromatic rings. The standard InChI is InChI=1S/C22H15ClF3N3O3S/c1-29-18(30)21(28-20(29)27,13-6-4-5-12(11-13)16-9-10-17(23)33-16)14-7-2-3-8-15(14)32-19(31)22(24,25)26/h2-11H,1H3,(H2,27,28). The molecule has 2 heterocycles. The molecule has 1 unspecified atom stereocenters. The minimum absolute atomic E-state index is 0.0544. The maximum absolute atomic E-state index is 13.5. The molecule has 33 heavy (non-hydrogen) atoms. The molecule has 1 atom stereocenters. The predicted octanol–water partition coefficient (Wildman–Crippen LogP) is 4.57. The van der Waals surface area contributed by atoms with Gasteiger partial charge in [-0.1, -0.05) is 48.0 Å². The number of thiophene rings is 1. The van der Waals surface area contributed by atoms with Crippen LogP contribution in [0.3, 0.4) is 0 Å². The summed E-state index contributed by atoms with van der Waals surface area (Å²) in [6.07, 6.45) is -5.22. The van der Waals surface area contributed by atoms with Gasteiger partial charge in [-0.05, 0) is 35.4 Å². The van der Waals surface area contributed by atoms with Crippen molar-refractivity contribution in [1.29, 1.82) is 0 Å². The zero-order chi connectivity index (χ0) is 24.0. The Morgan fingerprint density at radius 1 is 1.15 bits per heavy atom. The SMILES string of the molecule is CN1C(=O)C(c2cccc(-c3ccc(Cl)s3)c2)(c2ccccc2OC(=O)C(F)(F)F)N=C1N. The van der Waals surface area contributed by atoms with Gasteiger partial charge in [-0.3, -0.25) is 9.69 Å². The van der Waals surface area contributed by atoms with Crippen molar-refractivity contribution in [2.75, 3.05) is 7.05 Å². The zero-order valence-electron chi connectivity index (χ0n) is 16.9. The predicted molar refractivity (Wildman–Crippen MR) is 118 cm³/mol. The Kier molecular flexibility index (Phi) is 5.67. The van der Waals surface area contributed by atoms with Crippen LogP contribution in [0.15, 0.2) is 65.7 Å².